The third kappa shape index (κ3) is 7.93. The zero-order valence-electron chi connectivity index (χ0n) is 25.6. The molecule has 2 fully saturated rings. The van der Waals surface area contributed by atoms with E-state index in [0.29, 0.717) is 19.3 Å². The molecule has 0 heterocycles. The van der Waals surface area contributed by atoms with Gasteiger partial charge >= 0.3 is 5.97 Å². The fourth-order valence-corrected chi connectivity index (χ4v) is 7.26. The first-order chi connectivity index (χ1) is 16.5. The molecule has 0 aliphatic heterocycles. The van der Waals surface area contributed by atoms with Crippen LogP contribution in [0.3, 0.4) is 0 Å². The summed E-state index contributed by atoms with van der Waals surface area (Å²) in [6, 6.07) is 0. The van der Waals surface area contributed by atoms with Gasteiger partial charge in [-0.25, -0.2) is 0 Å². The Balaban J connectivity index is 2.45. The van der Waals surface area contributed by atoms with Crippen LogP contribution < -0.4 is 0 Å². The maximum absolute atomic E-state index is 13.4. The molecule has 0 aromatic carbocycles. The quantitative estimate of drug-likeness (QED) is 0.296. The molecule has 2 aliphatic carbocycles. The third-order valence-corrected chi connectivity index (χ3v) is 10.0. The molecule has 6 atom stereocenters. The van der Waals surface area contributed by atoms with Crippen molar-refractivity contribution in [1.82, 2.24) is 0 Å². The lowest BCUT2D eigenvalue weighted by molar-refractivity contribution is -0.178. The van der Waals surface area contributed by atoms with E-state index in [2.05, 4.69) is 0 Å². The molecule has 6 unspecified atom stereocenters. The largest absolute Gasteiger partial charge is 0.461 e. The molecule has 0 radical (unpaired) electrons. The minimum Gasteiger partial charge on any atom is -0.461 e. The van der Waals surface area contributed by atoms with E-state index in [9.17, 15) is 25.2 Å². The van der Waals surface area contributed by atoms with Crippen LogP contribution in [-0.4, -0.2) is 54.9 Å². The molecule has 218 valence electrons. The minimum atomic E-state index is -0.977. The molecule has 0 aromatic heterocycles. The highest BCUT2D eigenvalue weighted by atomic mass is 16.5. The normalized spacial score (nSPS) is 31.6. The van der Waals surface area contributed by atoms with Gasteiger partial charge < -0.3 is 25.2 Å². The predicted octanol–water partition coefficient (Wildman–Crippen LogP) is 5.48. The number of carbonyl (C=O) groups excluding carboxylic acids is 1. The summed E-state index contributed by atoms with van der Waals surface area (Å²) in [5.74, 6) is -0.470. The van der Waals surface area contributed by atoms with Crippen LogP contribution in [-0.2, 0) is 9.53 Å². The average Bonchev–Trinajstić information content (AvgIpc) is 2.74. The summed E-state index contributed by atoms with van der Waals surface area (Å²) >= 11 is 0. The van der Waals surface area contributed by atoms with Gasteiger partial charge in [0.15, 0.2) is 0 Å². The highest BCUT2D eigenvalue weighted by molar-refractivity contribution is 5.76. The molecule has 0 bridgehead atoms. The van der Waals surface area contributed by atoms with E-state index >= 15 is 0 Å². The van der Waals surface area contributed by atoms with Crippen LogP contribution in [0.25, 0.3) is 0 Å². The van der Waals surface area contributed by atoms with Crippen LogP contribution in [0.4, 0.5) is 0 Å². The number of rotatable bonds is 9. The lowest BCUT2D eigenvalue weighted by atomic mass is 9.58. The molecule has 0 spiro atoms. The predicted molar refractivity (Wildman–Crippen MR) is 148 cm³/mol. The Bertz CT molecular complexity index is 711. The summed E-state index contributed by atoms with van der Waals surface area (Å²) in [4.78, 5) is 13.4. The number of ether oxygens (including phenoxy) is 1. The summed E-state index contributed by atoms with van der Waals surface area (Å²) in [6.45, 7) is 20.4. The number of esters is 1. The van der Waals surface area contributed by atoms with E-state index in [1.807, 2.05) is 76.2 Å². The van der Waals surface area contributed by atoms with Crippen molar-refractivity contribution in [3.63, 3.8) is 0 Å². The zero-order valence-corrected chi connectivity index (χ0v) is 25.6. The van der Waals surface area contributed by atoms with Crippen molar-refractivity contribution in [2.45, 2.75) is 150 Å². The van der Waals surface area contributed by atoms with Crippen LogP contribution in [0.2, 0.25) is 0 Å². The Morgan fingerprint density at radius 2 is 0.973 bits per heavy atom. The van der Waals surface area contributed by atoms with Gasteiger partial charge in [0.05, 0.1) is 27.8 Å². The first-order valence-electron chi connectivity index (χ1n) is 14.6. The lowest BCUT2D eigenvalue weighted by Crippen LogP contribution is -2.53. The second-order valence-electron chi connectivity index (χ2n) is 15.3. The maximum atomic E-state index is 13.4. The van der Waals surface area contributed by atoms with E-state index < -0.39 is 27.8 Å². The molecule has 0 amide bonds. The van der Waals surface area contributed by atoms with Crippen molar-refractivity contribution >= 4 is 5.97 Å². The van der Waals surface area contributed by atoms with Crippen molar-refractivity contribution < 1.29 is 30.0 Å². The Labute approximate surface area is 226 Å². The summed E-state index contributed by atoms with van der Waals surface area (Å²) < 4.78 is 6.42. The Morgan fingerprint density at radius 1 is 0.649 bits per heavy atom. The smallest absolute Gasteiger partial charge is 0.311 e. The first kappa shape index (κ1) is 32.5. The number of hydrogen-bond donors (Lipinski definition) is 4. The van der Waals surface area contributed by atoms with Gasteiger partial charge in [-0.3, -0.25) is 4.79 Å². The Hall–Kier alpha value is -0.690. The van der Waals surface area contributed by atoms with Crippen molar-refractivity contribution in [2.75, 3.05) is 0 Å². The molecule has 2 rings (SSSR count). The average molecular weight is 527 g/mol. The summed E-state index contributed by atoms with van der Waals surface area (Å²) in [5.41, 5.74) is -4.38. The van der Waals surface area contributed by atoms with Crippen molar-refractivity contribution in [3.05, 3.63) is 0 Å². The molecule has 2 saturated carbocycles. The highest BCUT2D eigenvalue weighted by Crippen LogP contribution is 2.51. The monoisotopic (exact) mass is 526 g/mol. The molecular weight excluding hydrogens is 468 g/mol. The van der Waals surface area contributed by atoms with Crippen LogP contribution in [0.1, 0.15) is 121 Å². The number of aliphatic hydroxyl groups is 4. The van der Waals surface area contributed by atoms with Gasteiger partial charge in [0, 0.05) is 0 Å². The Morgan fingerprint density at radius 3 is 1.24 bits per heavy atom. The van der Waals surface area contributed by atoms with E-state index in [0.717, 1.165) is 25.7 Å². The van der Waals surface area contributed by atoms with Gasteiger partial charge in [0.25, 0.3) is 0 Å². The van der Waals surface area contributed by atoms with Crippen molar-refractivity contribution in [2.24, 2.45) is 40.9 Å². The van der Waals surface area contributed by atoms with Crippen molar-refractivity contribution in [1.29, 1.82) is 0 Å². The maximum Gasteiger partial charge on any atom is 0.311 e. The topological polar surface area (TPSA) is 107 Å². The Kier molecular flexibility index (Phi) is 9.72. The SMILES string of the molecule is CCC(C)(C)C(=O)OC(C1CCC(C(C)(C)O)C(C(C)(C)O)C1)C1CCC(C(C)(C)O)C(C(C)(C)O)C1. The fraction of sp³-hybridized carbons (Fsp3) is 0.968. The molecule has 6 heteroatoms. The third-order valence-electron chi connectivity index (χ3n) is 10.0. The van der Waals surface area contributed by atoms with Gasteiger partial charge in [-0.2, -0.15) is 0 Å². The van der Waals surface area contributed by atoms with E-state index in [4.69, 9.17) is 4.74 Å². The van der Waals surface area contributed by atoms with E-state index in [-0.39, 0.29) is 47.6 Å². The van der Waals surface area contributed by atoms with Crippen LogP contribution >= 0.6 is 0 Å². The molecule has 0 saturated heterocycles. The number of carbonyl (C=O) groups is 1. The molecule has 37 heavy (non-hydrogen) atoms. The molecule has 0 aromatic rings. The number of hydrogen-bond acceptors (Lipinski definition) is 6. The first-order valence-corrected chi connectivity index (χ1v) is 14.6. The van der Waals surface area contributed by atoms with Crippen LogP contribution in [0.5, 0.6) is 0 Å². The minimum absolute atomic E-state index is 0.0535. The van der Waals surface area contributed by atoms with Gasteiger partial charge in [0.2, 0.25) is 0 Å². The standard InChI is InChI=1S/C31H58O6/c1-12-27(2,3)26(32)37-25(19-13-15-21(28(4,5)33)23(17-19)30(8,9)35)20-14-16-22(29(6,7)34)24(18-20)31(10,11)36/h19-25,33-36H,12-18H2,1-11H3. The summed E-state index contributed by atoms with van der Waals surface area (Å²) in [7, 11) is 0. The highest BCUT2D eigenvalue weighted by Gasteiger charge is 2.51. The van der Waals surface area contributed by atoms with Crippen LogP contribution in [0, 0.1) is 40.9 Å². The second kappa shape index (κ2) is 11.1. The van der Waals surface area contributed by atoms with Crippen LogP contribution in [0.15, 0.2) is 0 Å². The fourth-order valence-electron chi connectivity index (χ4n) is 7.26. The summed E-state index contributed by atoms with van der Waals surface area (Å²) in [6.07, 6.45) is 4.80. The van der Waals surface area contributed by atoms with Gasteiger partial charge in [-0.05, 0) is 150 Å². The lowest BCUT2D eigenvalue weighted by Gasteiger charge is -2.52. The van der Waals surface area contributed by atoms with Gasteiger partial charge in [-0.15, -0.1) is 0 Å². The zero-order chi connectivity index (χ0) is 28.8. The molecular formula is C31H58O6. The molecule has 2 aliphatic rings. The van der Waals surface area contributed by atoms with E-state index in [1.54, 1.807) is 0 Å². The van der Waals surface area contributed by atoms with E-state index in [1.165, 1.54) is 0 Å². The van der Waals surface area contributed by atoms with Crippen molar-refractivity contribution in [3.8, 4) is 0 Å². The van der Waals surface area contributed by atoms with Gasteiger partial charge in [-0.1, -0.05) is 6.92 Å². The second-order valence-corrected chi connectivity index (χ2v) is 15.3. The molecule has 6 nitrogen and oxygen atoms in total. The van der Waals surface area contributed by atoms with Gasteiger partial charge in [0.1, 0.15) is 6.10 Å². The summed E-state index contributed by atoms with van der Waals surface area (Å²) in [5, 5.41) is 44.1. The molecule has 4 N–H and O–H groups in total.